The van der Waals surface area contributed by atoms with E-state index in [9.17, 15) is 9.59 Å². The van der Waals surface area contributed by atoms with Crippen molar-refractivity contribution in [2.45, 2.75) is 32.2 Å². The molecule has 0 bridgehead atoms. The first-order chi connectivity index (χ1) is 12.6. The average Bonchev–Trinajstić information content (AvgIpc) is 3.17. The number of likely N-dealkylation sites (tertiary alicyclic amines) is 1. The minimum Gasteiger partial charge on any atom is -0.450 e. The van der Waals surface area contributed by atoms with Crippen LogP contribution in [0.15, 0.2) is 22.5 Å². The molecule has 9 heteroatoms. The van der Waals surface area contributed by atoms with Gasteiger partial charge in [0.2, 0.25) is 0 Å². The van der Waals surface area contributed by atoms with E-state index in [-0.39, 0.29) is 18.0 Å². The number of ether oxygens (including phenoxy) is 1. The molecule has 1 aliphatic rings. The summed E-state index contributed by atoms with van der Waals surface area (Å²) in [6.07, 6.45) is 2.09. The first kappa shape index (κ1) is 20.0. The molecular formula is C17H27N5O3S. The van der Waals surface area contributed by atoms with Gasteiger partial charge in [-0.1, -0.05) is 6.07 Å². The molecule has 2 amide bonds. The van der Waals surface area contributed by atoms with Crippen LogP contribution in [0.1, 0.15) is 35.9 Å². The summed E-state index contributed by atoms with van der Waals surface area (Å²) in [5, 5.41) is 7.93. The van der Waals surface area contributed by atoms with Crippen LogP contribution in [0.25, 0.3) is 0 Å². The van der Waals surface area contributed by atoms with Gasteiger partial charge in [0.1, 0.15) is 0 Å². The normalized spacial score (nSPS) is 15.6. The second-order valence-corrected chi connectivity index (χ2v) is 6.91. The van der Waals surface area contributed by atoms with Crippen LogP contribution in [0.5, 0.6) is 0 Å². The predicted octanol–water partition coefficient (Wildman–Crippen LogP) is 1.39. The molecule has 1 aromatic rings. The molecule has 1 saturated heterocycles. The maximum absolute atomic E-state index is 11.8. The van der Waals surface area contributed by atoms with Crippen molar-refractivity contribution in [1.82, 2.24) is 15.5 Å². The molecule has 0 atom stereocenters. The van der Waals surface area contributed by atoms with Crippen molar-refractivity contribution in [3.63, 3.8) is 0 Å². The van der Waals surface area contributed by atoms with Crippen molar-refractivity contribution in [3.05, 3.63) is 22.4 Å². The van der Waals surface area contributed by atoms with Gasteiger partial charge in [0, 0.05) is 32.2 Å². The molecule has 1 aliphatic heterocycles. The van der Waals surface area contributed by atoms with Gasteiger partial charge in [-0.2, -0.15) is 0 Å². The molecule has 0 aliphatic carbocycles. The highest BCUT2D eigenvalue weighted by molar-refractivity contribution is 7.12. The first-order valence-electron chi connectivity index (χ1n) is 8.90. The highest BCUT2D eigenvalue weighted by atomic mass is 32.1. The molecule has 26 heavy (non-hydrogen) atoms. The zero-order valence-corrected chi connectivity index (χ0v) is 15.9. The number of nitrogens with two attached hydrogens (primary N) is 1. The van der Waals surface area contributed by atoms with Gasteiger partial charge >= 0.3 is 6.09 Å². The number of nitrogens with one attached hydrogen (secondary N) is 2. The molecule has 2 rings (SSSR count). The number of hydrogen-bond donors (Lipinski definition) is 3. The van der Waals surface area contributed by atoms with Crippen LogP contribution in [0, 0.1) is 0 Å². The summed E-state index contributed by atoms with van der Waals surface area (Å²) in [6.45, 7) is 4.61. The van der Waals surface area contributed by atoms with E-state index in [1.165, 1.54) is 11.3 Å². The van der Waals surface area contributed by atoms with Crippen molar-refractivity contribution in [2.75, 3.05) is 32.8 Å². The molecule has 1 fully saturated rings. The van der Waals surface area contributed by atoms with Gasteiger partial charge in [-0.15, -0.1) is 11.3 Å². The van der Waals surface area contributed by atoms with E-state index in [0.29, 0.717) is 43.6 Å². The van der Waals surface area contributed by atoms with Crippen LogP contribution in [0.4, 0.5) is 4.79 Å². The fourth-order valence-corrected chi connectivity index (χ4v) is 3.29. The lowest BCUT2D eigenvalue weighted by Gasteiger charge is -2.31. The number of piperidine rings is 1. The molecule has 4 N–H and O–H groups in total. The van der Waals surface area contributed by atoms with Gasteiger partial charge < -0.3 is 26.0 Å². The Bertz CT molecular complexity index is 598. The van der Waals surface area contributed by atoms with Crippen molar-refractivity contribution >= 4 is 29.3 Å². The molecule has 144 valence electrons. The summed E-state index contributed by atoms with van der Waals surface area (Å²) in [4.78, 5) is 30.1. The van der Waals surface area contributed by atoms with Crippen LogP contribution in [0.2, 0.25) is 0 Å². The lowest BCUT2D eigenvalue weighted by atomic mass is 10.1. The van der Waals surface area contributed by atoms with E-state index in [1.54, 1.807) is 17.9 Å². The molecule has 0 unspecified atom stereocenters. The number of aliphatic imine (C=N–C) groups is 1. The summed E-state index contributed by atoms with van der Waals surface area (Å²) < 4.78 is 5.00. The molecule has 2 heterocycles. The first-order valence-corrected chi connectivity index (χ1v) is 9.78. The second-order valence-electron chi connectivity index (χ2n) is 5.96. The van der Waals surface area contributed by atoms with Crippen LogP contribution < -0.4 is 16.4 Å². The minimum absolute atomic E-state index is 0.0524. The molecule has 1 aromatic heterocycles. The fraction of sp³-hybridized carbons (Fsp3) is 0.588. The van der Waals surface area contributed by atoms with E-state index in [2.05, 4.69) is 15.6 Å². The fourth-order valence-electron chi connectivity index (χ4n) is 2.65. The summed E-state index contributed by atoms with van der Waals surface area (Å²) in [5.74, 6) is 0.354. The molecule has 0 radical (unpaired) electrons. The van der Waals surface area contributed by atoms with E-state index in [1.807, 2.05) is 11.4 Å². The lowest BCUT2D eigenvalue weighted by Crippen LogP contribution is -2.48. The Balaban J connectivity index is 1.58. The Labute approximate surface area is 157 Å². The number of rotatable bonds is 7. The molecular weight excluding hydrogens is 354 g/mol. The predicted molar refractivity (Wildman–Crippen MR) is 103 cm³/mol. The number of hydrogen-bond acceptors (Lipinski definition) is 5. The molecule has 0 saturated carbocycles. The van der Waals surface area contributed by atoms with Crippen molar-refractivity contribution in [3.8, 4) is 0 Å². The standard InChI is InChI=1S/C17H27N5O3S/c1-2-25-17(24)22-10-6-13(7-11-22)21-16(18)20-9-4-8-19-15(23)14-5-3-12-26-14/h3,5,12-13H,2,4,6-11H2,1H3,(H,19,23)(H3,18,20,21). The molecule has 0 spiro atoms. The van der Waals surface area contributed by atoms with Gasteiger partial charge in [-0.25, -0.2) is 4.79 Å². The number of nitrogens with zero attached hydrogens (tertiary/aromatic N) is 2. The number of thiophene rings is 1. The van der Waals surface area contributed by atoms with Crippen LogP contribution in [-0.4, -0.2) is 61.7 Å². The zero-order chi connectivity index (χ0) is 18.8. The third-order valence-corrected chi connectivity index (χ3v) is 4.89. The molecule has 8 nitrogen and oxygen atoms in total. The van der Waals surface area contributed by atoms with Crippen molar-refractivity contribution in [2.24, 2.45) is 10.7 Å². The van der Waals surface area contributed by atoms with Crippen LogP contribution >= 0.6 is 11.3 Å². The van der Waals surface area contributed by atoms with Gasteiger partial charge in [-0.3, -0.25) is 9.79 Å². The summed E-state index contributed by atoms with van der Waals surface area (Å²) in [5.41, 5.74) is 5.91. The van der Waals surface area contributed by atoms with Crippen molar-refractivity contribution in [1.29, 1.82) is 0 Å². The average molecular weight is 382 g/mol. The van der Waals surface area contributed by atoms with E-state index >= 15 is 0 Å². The second kappa shape index (κ2) is 10.6. The highest BCUT2D eigenvalue weighted by Crippen LogP contribution is 2.11. The smallest absolute Gasteiger partial charge is 0.409 e. The number of carbonyl (C=O) groups excluding carboxylic acids is 2. The van der Waals surface area contributed by atoms with Crippen molar-refractivity contribution < 1.29 is 14.3 Å². The Hall–Kier alpha value is -2.29. The lowest BCUT2D eigenvalue weighted by molar-refractivity contribution is 0.0952. The highest BCUT2D eigenvalue weighted by Gasteiger charge is 2.23. The number of guanidine groups is 1. The number of carbonyl (C=O) groups is 2. The summed E-state index contributed by atoms with van der Waals surface area (Å²) in [6, 6.07) is 3.86. The van der Waals surface area contributed by atoms with E-state index in [4.69, 9.17) is 10.5 Å². The minimum atomic E-state index is -0.253. The Morgan fingerprint density at radius 1 is 1.42 bits per heavy atom. The SMILES string of the molecule is CCOC(=O)N1CCC(NC(N)=NCCCNC(=O)c2cccs2)CC1. The van der Waals surface area contributed by atoms with Gasteiger partial charge in [0.15, 0.2) is 5.96 Å². The Morgan fingerprint density at radius 3 is 2.85 bits per heavy atom. The van der Waals surface area contributed by atoms with Crippen LogP contribution in [-0.2, 0) is 4.74 Å². The summed E-state index contributed by atoms with van der Waals surface area (Å²) >= 11 is 1.42. The van der Waals surface area contributed by atoms with Gasteiger partial charge in [0.25, 0.3) is 5.91 Å². The van der Waals surface area contributed by atoms with Gasteiger partial charge in [0.05, 0.1) is 11.5 Å². The number of amides is 2. The topological polar surface area (TPSA) is 109 Å². The largest absolute Gasteiger partial charge is 0.450 e. The van der Waals surface area contributed by atoms with Gasteiger partial charge in [-0.05, 0) is 37.6 Å². The van der Waals surface area contributed by atoms with E-state index < -0.39 is 0 Å². The third kappa shape index (κ3) is 6.55. The molecule has 0 aromatic carbocycles. The third-order valence-electron chi connectivity index (χ3n) is 4.02. The monoisotopic (exact) mass is 381 g/mol. The Kier molecular flexibility index (Phi) is 8.20. The van der Waals surface area contributed by atoms with Crippen LogP contribution in [0.3, 0.4) is 0 Å². The summed E-state index contributed by atoms with van der Waals surface area (Å²) in [7, 11) is 0. The quantitative estimate of drug-likeness (QED) is 0.376. The van der Waals surface area contributed by atoms with E-state index in [0.717, 1.165) is 19.3 Å². The zero-order valence-electron chi connectivity index (χ0n) is 15.1. The maximum Gasteiger partial charge on any atom is 0.409 e. The Morgan fingerprint density at radius 2 is 2.19 bits per heavy atom. The maximum atomic E-state index is 11.8.